The molecule has 1 aromatic heterocycles. The molecule has 190 valence electrons. The van der Waals surface area contributed by atoms with E-state index < -0.39 is 5.97 Å². The molecule has 2 aliphatic rings. The minimum Gasteiger partial charge on any atom is -0.493 e. The Morgan fingerprint density at radius 1 is 1.08 bits per heavy atom. The van der Waals surface area contributed by atoms with E-state index in [1.807, 2.05) is 12.1 Å². The Labute approximate surface area is 221 Å². The van der Waals surface area contributed by atoms with Crippen LogP contribution in [0.2, 0.25) is 0 Å². The van der Waals surface area contributed by atoms with Crippen LogP contribution < -0.4 is 24.4 Å². The molecule has 8 heteroatoms. The van der Waals surface area contributed by atoms with Crippen LogP contribution in [-0.4, -0.2) is 17.6 Å². The third-order valence-electron chi connectivity index (χ3n) is 6.80. The zero-order chi connectivity index (χ0) is 26.4. The van der Waals surface area contributed by atoms with Crippen molar-refractivity contribution in [3.8, 4) is 11.5 Å². The number of thiazole rings is 1. The molecule has 0 spiro atoms. The molecule has 0 N–H and O–H groups in total. The number of aromatic nitrogens is 1. The lowest BCUT2D eigenvalue weighted by molar-refractivity contribution is -0.132. The molecular weight excluding hydrogens is 503 g/mol. The van der Waals surface area contributed by atoms with Crippen molar-refractivity contribution in [2.45, 2.75) is 25.8 Å². The quantitative estimate of drug-likeness (QED) is 0.292. The van der Waals surface area contributed by atoms with E-state index in [1.54, 1.807) is 41.0 Å². The summed E-state index contributed by atoms with van der Waals surface area (Å²) < 4.78 is 26.6. The first-order valence-electron chi connectivity index (χ1n) is 12.2. The van der Waals surface area contributed by atoms with Crippen LogP contribution in [-0.2, 0) is 11.2 Å². The number of methoxy groups -OCH3 is 1. The van der Waals surface area contributed by atoms with Gasteiger partial charge in [0.25, 0.3) is 5.56 Å². The van der Waals surface area contributed by atoms with E-state index in [-0.39, 0.29) is 17.4 Å². The second-order valence-corrected chi connectivity index (χ2v) is 10.2. The SMILES string of the molecule is COc1cc(/C=c2/sc3n(c2=O)[C@H](c2ccc(F)cc2)C2=C(N=3)c3ccccc3CC2)ccc1OC(C)=O. The van der Waals surface area contributed by atoms with Crippen LogP contribution in [0.15, 0.2) is 82.1 Å². The van der Waals surface area contributed by atoms with Gasteiger partial charge < -0.3 is 9.47 Å². The Balaban J connectivity index is 1.54. The van der Waals surface area contributed by atoms with E-state index in [0.29, 0.717) is 20.8 Å². The minimum absolute atomic E-state index is 0.170. The molecule has 0 saturated heterocycles. The van der Waals surface area contributed by atoms with Crippen molar-refractivity contribution in [2.24, 2.45) is 4.99 Å². The zero-order valence-corrected chi connectivity index (χ0v) is 21.5. The van der Waals surface area contributed by atoms with Gasteiger partial charge >= 0.3 is 5.97 Å². The minimum atomic E-state index is -0.448. The molecule has 0 unspecified atom stereocenters. The number of halogens is 1. The number of carbonyl (C=O) groups excluding carboxylic acids is 1. The first-order valence-corrected chi connectivity index (χ1v) is 13.0. The molecule has 0 bridgehead atoms. The molecule has 0 saturated carbocycles. The molecule has 1 atom stereocenters. The highest BCUT2D eigenvalue weighted by molar-refractivity contribution is 7.07. The normalized spacial score (nSPS) is 16.3. The van der Waals surface area contributed by atoms with Crippen molar-refractivity contribution < 1.29 is 18.7 Å². The lowest BCUT2D eigenvalue weighted by atomic mass is 9.83. The molecule has 3 aromatic carbocycles. The van der Waals surface area contributed by atoms with Gasteiger partial charge in [0.05, 0.1) is 23.4 Å². The summed E-state index contributed by atoms with van der Waals surface area (Å²) >= 11 is 1.31. The summed E-state index contributed by atoms with van der Waals surface area (Å²) in [6.45, 7) is 1.32. The molecule has 4 aromatic rings. The number of benzene rings is 3. The largest absolute Gasteiger partial charge is 0.493 e. The Hall–Kier alpha value is -4.30. The van der Waals surface area contributed by atoms with Crippen LogP contribution in [0.1, 0.15) is 41.6 Å². The number of ether oxygens (including phenoxy) is 2. The van der Waals surface area contributed by atoms with Gasteiger partial charge in [0.2, 0.25) is 0 Å². The molecule has 6 rings (SSSR count). The predicted octanol–water partition coefficient (Wildman–Crippen LogP) is 4.39. The second-order valence-electron chi connectivity index (χ2n) is 9.17. The topological polar surface area (TPSA) is 69.9 Å². The summed E-state index contributed by atoms with van der Waals surface area (Å²) in [7, 11) is 1.49. The van der Waals surface area contributed by atoms with Crippen molar-refractivity contribution in [1.29, 1.82) is 0 Å². The molecule has 2 heterocycles. The maximum Gasteiger partial charge on any atom is 0.308 e. The van der Waals surface area contributed by atoms with Gasteiger partial charge in [-0.15, -0.1) is 0 Å². The van der Waals surface area contributed by atoms with Crippen LogP contribution in [0.25, 0.3) is 11.8 Å². The van der Waals surface area contributed by atoms with Gasteiger partial charge in [0.1, 0.15) is 5.82 Å². The Bertz CT molecular complexity index is 1800. The standard InChI is InChI=1S/C30H23FN2O4S/c1-17(34)37-24-14-7-18(15-25(24)36-2)16-26-29(35)33-28(20-8-11-21(31)12-9-20)23-13-10-19-5-3-4-6-22(19)27(23)32-30(33)38-26/h3-9,11-12,14-16,28H,10,13H2,1-2H3/b26-16+/t28-/m1/s1. The Morgan fingerprint density at radius 3 is 2.63 bits per heavy atom. The first-order chi connectivity index (χ1) is 18.4. The molecule has 0 amide bonds. The van der Waals surface area contributed by atoms with Gasteiger partial charge in [-0.2, -0.15) is 0 Å². The predicted molar refractivity (Wildman–Crippen MR) is 143 cm³/mol. The third-order valence-corrected chi connectivity index (χ3v) is 7.78. The number of fused-ring (bicyclic) bond motifs is 3. The number of aryl methyl sites for hydroxylation is 1. The monoisotopic (exact) mass is 526 g/mol. The van der Waals surface area contributed by atoms with Gasteiger partial charge in [0.15, 0.2) is 16.3 Å². The molecular formula is C30H23FN2O4S. The van der Waals surface area contributed by atoms with Gasteiger partial charge in [-0.3, -0.25) is 14.2 Å². The van der Waals surface area contributed by atoms with Crippen molar-refractivity contribution in [2.75, 3.05) is 7.11 Å². The van der Waals surface area contributed by atoms with Crippen LogP contribution in [0.3, 0.4) is 0 Å². The fourth-order valence-corrected chi connectivity index (χ4v) is 6.13. The number of hydrogen-bond donors (Lipinski definition) is 0. The maximum atomic E-state index is 13.8. The smallest absolute Gasteiger partial charge is 0.308 e. The molecule has 38 heavy (non-hydrogen) atoms. The molecule has 1 aliphatic carbocycles. The molecule has 6 nitrogen and oxygen atoms in total. The summed E-state index contributed by atoms with van der Waals surface area (Å²) in [6.07, 6.45) is 3.39. The van der Waals surface area contributed by atoms with E-state index >= 15 is 0 Å². The van der Waals surface area contributed by atoms with E-state index in [1.165, 1.54) is 43.1 Å². The van der Waals surface area contributed by atoms with Crippen molar-refractivity contribution in [1.82, 2.24) is 4.57 Å². The third kappa shape index (κ3) is 4.16. The Morgan fingerprint density at radius 2 is 1.87 bits per heavy atom. The van der Waals surface area contributed by atoms with Gasteiger partial charge in [0, 0.05) is 12.5 Å². The highest BCUT2D eigenvalue weighted by Gasteiger charge is 2.32. The summed E-state index contributed by atoms with van der Waals surface area (Å²) in [5, 5.41) is 0. The van der Waals surface area contributed by atoms with Gasteiger partial charge in [-0.1, -0.05) is 53.8 Å². The maximum absolute atomic E-state index is 13.8. The molecule has 0 radical (unpaired) electrons. The fraction of sp³-hybridized carbons (Fsp3) is 0.167. The number of rotatable bonds is 4. The lowest BCUT2D eigenvalue weighted by Crippen LogP contribution is -2.38. The van der Waals surface area contributed by atoms with Gasteiger partial charge in [-0.25, -0.2) is 9.38 Å². The van der Waals surface area contributed by atoms with Crippen LogP contribution in [0.4, 0.5) is 4.39 Å². The number of esters is 1. The van der Waals surface area contributed by atoms with E-state index in [9.17, 15) is 14.0 Å². The van der Waals surface area contributed by atoms with Crippen molar-refractivity contribution >= 4 is 29.1 Å². The first kappa shape index (κ1) is 24.1. The fourth-order valence-electron chi connectivity index (χ4n) is 5.13. The average Bonchev–Trinajstić information content (AvgIpc) is 3.22. The molecule has 0 fully saturated rings. The van der Waals surface area contributed by atoms with Crippen LogP contribution in [0, 0.1) is 5.82 Å². The number of allylic oxidation sites excluding steroid dienone is 1. The number of nitrogens with zero attached hydrogens (tertiary/aromatic N) is 2. The summed E-state index contributed by atoms with van der Waals surface area (Å²) in [4.78, 5) is 30.8. The van der Waals surface area contributed by atoms with Crippen LogP contribution in [0.5, 0.6) is 11.5 Å². The summed E-state index contributed by atoms with van der Waals surface area (Å²) in [5.41, 5.74) is 5.64. The van der Waals surface area contributed by atoms with Crippen LogP contribution >= 0.6 is 11.3 Å². The van der Waals surface area contributed by atoms with Crippen molar-refractivity contribution in [3.63, 3.8) is 0 Å². The second kappa shape index (κ2) is 9.54. The lowest BCUT2D eigenvalue weighted by Gasteiger charge is -2.30. The van der Waals surface area contributed by atoms with E-state index in [0.717, 1.165) is 40.8 Å². The number of carbonyl (C=O) groups is 1. The van der Waals surface area contributed by atoms with Gasteiger partial charge in [-0.05, 0) is 65.4 Å². The highest BCUT2D eigenvalue weighted by Crippen LogP contribution is 2.41. The zero-order valence-electron chi connectivity index (χ0n) is 20.7. The summed E-state index contributed by atoms with van der Waals surface area (Å²) in [5.74, 6) is -0.0783. The Kier molecular flexibility index (Phi) is 6.04. The molecule has 1 aliphatic heterocycles. The average molecular weight is 527 g/mol. The number of hydrogen-bond acceptors (Lipinski definition) is 6. The van der Waals surface area contributed by atoms with E-state index in [4.69, 9.17) is 14.5 Å². The van der Waals surface area contributed by atoms with E-state index in [2.05, 4.69) is 12.1 Å². The highest BCUT2D eigenvalue weighted by atomic mass is 32.1. The van der Waals surface area contributed by atoms with Crippen molar-refractivity contribution in [3.05, 3.63) is 120 Å². The summed E-state index contributed by atoms with van der Waals surface area (Å²) in [6, 6.07) is 19.3.